The molecule has 1 unspecified atom stereocenters. The molecule has 0 amide bonds. The van der Waals surface area contributed by atoms with Crippen LogP contribution in [0.1, 0.15) is 27.7 Å². The van der Waals surface area contributed by atoms with Crippen LogP contribution in [-0.4, -0.2) is 17.6 Å². The minimum absolute atomic E-state index is 0.204. The topological polar surface area (TPSA) is 60.2 Å². The van der Waals surface area contributed by atoms with Gasteiger partial charge in [-0.2, -0.15) is 0 Å². The van der Waals surface area contributed by atoms with E-state index in [1.165, 1.54) is 6.92 Å². The molecule has 3 heteroatoms. The quantitative estimate of drug-likeness (QED) is 0.594. The first kappa shape index (κ1) is 10.3. The third-order valence-corrected chi connectivity index (χ3v) is 1.46. The lowest BCUT2D eigenvalue weighted by Crippen LogP contribution is -2.43. The largest absolute Gasteiger partial charge is 0.315 e. The van der Waals surface area contributed by atoms with Gasteiger partial charge < -0.3 is 5.73 Å². The molecule has 1 atom stereocenters. The molecule has 0 fully saturated rings. The number of hydrogen-bond acceptors (Lipinski definition) is 3. The number of Topliss-reactive ketones (excluding diaryl/α,β-unsaturated/α-hetero) is 2. The van der Waals surface area contributed by atoms with E-state index in [1.54, 1.807) is 20.8 Å². The van der Waals surface area contributed by atoms with Crippen LogP contribution in [0.4, 0.5) is 0 Å². The fourth-order valence-corrected chi connectivity index (χ4v) is 0.651. The molecule has 0 radical (unpaired) electrons. The minimum Gasteiger partial charge on any atom is -0.315 e. The molecule has 0 aliphatic rings. The van der Waals surface area contributed by atoms with Gasteiger partial charge in [0, 0.05) is 5.41 Å². The maximum absolute atomic E-state index is 11.3. The molecule has 64 valence electrons. The first-order valence-corrected chi connectivity index (χ1v) is 3.57. The van der Waals surface area contributed by atoms with Crippen LogP contribution in [0, 0.1) is 5.41 Å². The number of rotatable bonds is 2. The summed E-state index contributed by atoms with van der Waals surface area (Å²) in [6.45, 7) is 6.57. The van der Waals surface area contributed by atoms with Crippen LogP contribution in [-0.2, 0) is 9.59 Å². The molecule has 0 aromatic heterocycles. The van der Waals surface area contributed by atoms with Gasteiger partial charge in [-0.15, -0.1) is 0 Å². The van der Waals surface area contributed by atoms with E-state index in [0.717, 1.165) is 0 Å². The summed E-state index contributed by atoms with van der Waals surface area (Å²) < 4.78 is 0. The highest BCUT2D eigenvalue weighted by Gasteiger charge is 2.29. The summed E-state index contributed by atoms with van der Waals surface area (Å²) in [7, 11) is 0. The molecule has 0 aliphatic carbocycles. The first-order valence-electron chi connectivity index (χ1n) is 3.57. The van der Waals surface area contributed by atoms with Gasteiger partial charge in [0.15, 0.2) is 11.6 Å². The van der Waals surface area contributed by atoms with Gasteiger partial charge in [0.2, 0.25) is 0 Å². The van der Waals surface area contributed by atoms with Crippen LogP contribution in [0.15, 0.2) is 0 Å². The predicted octanol–water partition coefficient (Wildman–Crippen LogP) is 0.518. The van der Waals surface area contributed by atoms with Crippen molar-refractivity contribution in [1.29, 1.82) is 0 Å². The van der Waals surface area contributed by atoms with Crippen molar-refractivity contribution in [2.45, 2.75) is 33.7 Å². The van der Waals surface area contributed by atoms with Gasteiger partial charge in [0.05, 0.1) is 0 Å². The third kappa shape index (κ3) is 2.80. The van der Waals surface area contributed by atoms with Gasteiger partial charge in [-0.3, -0.25) is 9.59 Å². The van der Waals surface area contributed by atoms with Crippen LogP contribution in [0.3, 0.4) is 0 Å². The summed E-state index contributed by atoms with van der Waals surface area (Å²) >= 11 is 0. The molecule has 0 aliphatic heterocycles. The number of nitrogens with two attached hydrogens (primary N) is 1. The van der Waals surface area contributed by atoms with Gasteiger partial charge >= 0.3 is 0 Å². The number of carbonyl (C=O) groups is 2. The highest BCUT2D eigenvalue weighted by atomic mass is 16.2. The zero-order valence-corrected chi connectivity index (χ0v) is 7.47. The lowest BCUT2D eigenvalue weighted by Gasteiger charge is -2.19. The van der Waals surface area contributed by atoms with Crippen LogP contribution >= 0.6 is 0 Å². The Labute approximate surface area is 67.0 Å². The maximum atomic E-state index is 11.3. The van der Waals surface area contributed by atoms with Gasteiger partial charge in [-0.25, -0.2) is 0 Å². The zero-order chi connectivity index (χ0) is 9.23. The lowest BCUT2D eigenvalue weighted by atomic mass is 9.86. The minimum atomic E-state index is -0.949. The number of carbonyl (C=O) groups excluding carboxylic acids is 2. The maximum Gasteiger partial charge on any atom is 0.162 e. The molecule has 0 spiro atoms. The molecule has 11 heavy (non-hydrogen) atoms. The lowest BCUT2D eigenvalue weighted by molar-refractivity contribution is -0.132. The second-order valence-electron chi connectivity index (χ2n) is 3.70. The van der Waals surface area contributed by atoms with Crippen molar-refractivity contribution in [1.82, 2.24) is 0 Å². The Morgan fingerprint density at radius 1 is 1.27 bits per heavy atom. The van der Waals surface area contributed by atoms with E-state index >= 15 is 0 Å². The van der Waals surface area contributed by atoms with Crippen molar-refractivity contribution >= 4 is 11.6 Å². The van der Waals surface area contributed by atoms with E-state index in [1.807, 2.05) is 0 Å². The van der Waals surface area contributed by atoms with Gasteiger partial charge in [-0.1, -0.05) is 20.8 Å². The Balaban J connectivity index is 4.39. The zero-order valence-electron chi connectivity index (χ0n) is 7.47. The first-order chi connectivity index (χ1) is 4.76. The van der Waals surface area contributed by atoms with Gasteiger partial charge in [0.25, 0.3) is 0 Å². The summed E-state index contributed by atoms with van der Waals surface area (Å²) in [5.74, 6) is -0.477. The van der Waals surface area contributed by atoms with Gasteiger partial charge in [-0.05, 0) is 6.92 Å². The second-order valence-corrected chi connectivity index (χ2v) is 3.70. The Morgan fingerprint density at radius 2 is 1.64 bits per heavy atom. The van der Waals surface area contributed by atoms with Crippen molar-refractivity contribution in [3.63, 3.8) is 0 Å². The fourth-order valence-electron chi connectivity index (χ4n) is 0.651. The molecule has 0 heterocycles. The Morgan fingerprint density at radius 3 is 1.73 bits per heavy atom. The summed E-state index contributed by atoms with van der Waals surface area (Å²) in [5, 5.41) is 0. The third-order valence-electron chi connectivity index (χ3n) is 1.46. The van der Waals surface area contributed by atoms with Crippen LogP contribution in [0.5, 0.6) is 0 Å². The Bertz CT molecular complexity index is 179. The van der Waals surface area contributed by atoms with Crippen LogP contribution < -0.4 is 5.73 Å². The van der Waals surface area contributed by atoms with Crippen molar-refractivity contribution in [2.24, 2.45) is 11.1 Å². The summed E-state index contributed by atoms with van der Waals surface area (Å²) in [6, 6.07) is -0.949. The smallest absolute Gasteiger partial charge is 0.162 e. The molecule has 0 aromatic carbocycles. The Hall–Kier alpha value is -0.700. The van der Waals surface area contributed by atoms with E-state index in [0.29, 0.717) is 0 Å². The van der Waals surface area contributed by atoms with E-state index in [-0.39, 0.29) is 11.6 Å². The monoisotopic (exact) mass is 157 g/mol. The predicted molar refractivity (Wildman–Crippen MR) is 43.1 cm³/mol. The normalized spacial score (nSPS) is 14.3. The van der Waals surface area contributed by atoms with Crippen LogP contribution in [0.25, 0.3) is 0 Å². The van der Waals surface area contributed by atoms with E-state index < -0.39 is 11.5 Å². The van der Waals surface area contributed by atoms with E-state index in [2.05, 4.69) is 0 Å². The van der Waals surface area contributed by atoms with Gasteiger partial charge in [0.1, 0.15) is 6.04 Å². The average Bonchev–Trinajstić information content (AvgIpc) is 1.82. The highest BCUT2D eigenvalue weighted by molar-refractivity contribution is 6.07. The molecule has 2 N–H and O–H groups in total. The number of ketones is 2. The number of hydrogen-bond donors (Lipinski definition) is 1. The molecule has 0 saturated heterocycles. The molecular weight excluding hydrogens is 142 g/mol. The molecule has 3 nitrogen and oxygen atoms in total. The molecule has 0 bridgehead atoms. The highest BCUT2D eigenvalue weighted by Crippen LogP contribution is 2.16. The average molecular weight is 157 g/mol. The van der Waals surface area contributed by atoms with Crippen LogP contribution in [0.2, 0.25) is 0 Å². The Kier molecular flexibility index (Phi) is 2.93. The fraction of sp³-hybridized carbons (Fsp3) is 0.750. The van der Waals surface area contributed by atoms with E-state index in [9.17, 15) is 9.59 Å². The molecule has 0 saturated carbocycles. The second kappa shape index (κ2) is 3.13. The van der Waals surface area contributed by atoms with Crippen molar-refractivity contribution in [3.8, 4) is 0 Å². The van der Waals surface area contributed by atoms with Crippen molar-refractivity contribution in [2.75, 3.05) is 0 Å². The van der Waals surface area contributed by atoms with Crippen molar-refractivity contribution in [3.05, 3.63) is 0 Å². The summed E-state index contributed by atoms with van der Waals surface area (Å²) in [6.07, 6.45) is 0. The summed E-state index contributed by atoms with van der Waals surface area (Å²) in [4.78, 5) is 21.9. The SMILES string of the molecule is CC(=O)C(N)C(=O)C(C)(C)C. The molecule has 0 aromatic rings. The standard InChI is InChI=1S/C8H15NO2/c1-5(10)6(9)7(11)8(2,3)4/h6H,9H2,1-4H3. The van der Waals surface area contributed by atoms with Crippen molar-refractivity contribution < 1.29 is 9.59 Å². The molecular formula is C8H15NO2. The van der Waals surface area contributed by atoms with E-state index in [4.69, 9.17) is 5.73 Å². The summed E-state index contributed by atoms with van der Waals surface area (Å²) in [5.41, 5.74) is 4.82. The molecule has 0 rings (SSSR count).